The Morgan fingerprint density at radius 3 is 2.81 bits per heavy atom. The van der Waals surface area contributed by atoms with Crippen LogP contribution in [0.25, 0.3) is 10.9 Å². The van der Waals surface area contributed by atoms with Gasteiger partial charge in [-0.2, -0.15) is 0 Å². The van der Waals surface area contributed by atoms with Crippen molar-refractivity contribution in [1.82, 2.24) is 9.88 Å². The van der Waals surface area contributed by atoms with Gasteiger partial charge in [-0.1, -0.05) is 24.3 Å². The van der Waals surface area contributed by atoms with Crippen molar-refractivity contribution in [3.05, 3.63) is 59.3 Å². The average molecular weight is 441 g/mol. The molecule has 160 valence electrons. The minimum absolute atomic E-state index is 0.150. The Balaban J connectivity index is 1.74. The minimum Gasteiger partial charge on any atom is -0.464 e. The van der Waals surface area contributed by atoms with Crippen molar-refractivity contribution >= 4 is 34.4 Å². The van der Waals surface area contributed by atoms with Crippen LogP contribution in [0.3, 0.4) is 0 Å². The zero-order valence-corrected chi connectivity index (χ0v) is 17.6. The third-order valence-electron chi connectivity index (χ3n) is 5.79. The molecule has 0 saturated heterocycles. The fraction of sp³-hybridized carbons (Fsp3) is 0.304. The molecule has 0 fully saturated rings. The van der Waals surface area contributed by atoms with Crippen LogP contribution in [0, 0.1) is 0 Å². The molecule has 3 aromatic rings. The molecule has 0 bridgehead atoms. The first kappa shape index (κ1) is 19.8. The Morgan fingerprint density at radius 1 is 1.19 bits per heavy atom. The first-order chi connectivity index (χ1) is 15.1. The number of para-hydroxylation sites is 1. The van der Waals surface area contributed by atoms with E-state index in [1.54, 1.807) is 11.8 Å². The van der Waals surface area contributed by atoms with Gasteiger partial charge in [-0.25, -0.2) is 4.79 Å². The van der Waals surface area contributed by atoms with Crippen LogP contribution in [-0.4, -0.2) is 47.1 Å². The van der Waals surface area contributed by atoms with E-state index < -0.39 is 18.1 Å². The molecule has 0 aliphatic carbocycles. The number of carbonyl (C=O) groups is 2. The van der Waals surface area contributed by atoms with E-state index in [2.05, 4.69) is 4.98 Å². The number of esters is 1. The summed E-state index contributed by atoms with van der Waals surface area (Å²) in [5.74, 6) is 0.231. The molecule has 1 aromatic heterocycles. The molecule has 2 aliphatic heterocycles. The maximum Gasteiger partial charge on any atom is 0.329 e. The molecule has 0 spiro atoms. The quantitative estimate of drug-likeness (QED) is 0.495. The Morgan fingerprint density at radius 2 is 2.00 bits per heavy atom. The summed E-state index contributed by atoms with van der Waals surface area (Å²) < 4.78 is 16.3. The van der Waals surface area contributed by atoms with Crippen molar-refractivity contribution in [2.45, 2.75) is 25.4 Å². The molecule has 0 unspecified atom stereocenters. The van der Waals surface area contributed by atoms with Gasteiger partial charge in [-0.15, -0.1) is 11.6 Å². The highest BCUT2D eigenvalue weighted by molar-refractivity contribution is 6.27. The summed E-state index contributed by atoms with van der Waals surface area (Å²) in [6.45, 7) is 2.13. The first-order valence-corrected chi connectivity index (χ1v) is 10.7. The van der Waals surface area contributed by atoms with E-state index in [0.717, 1.165) is 27.7 Å². The molecule has 2 atom stereocenters. The predicted octanol–water partition coefficient (Wildman–Crippen LogP) is 3.54. The second-order valence-corrected chi connectivity index (χ2v) is 7.75. The van der Waals surface area contributed by atoms with E-state index >= 15 is 0 Å². The highest BCUT2D eigenvalue weighted by Crippen LogP contribution is 2.44. The van der Waals surface area contributed by atoms with Gasteiger partial charge in [0.05, 0.1) is 12.6 Å². The highest BCUT2D eigenvalue weighted by Gasteiger charge is 2.44. The van der Waals surface area contributed by atoms with Crippen molar-refractivity contribution in [3.8, 4) is 11.5 Å². The van der Waals surface area contributed by atoms with E-state index in [1.807, 2.05) is 42.5 Å². The Kier molecular flexibility index (Phi) is 4.98. The van der Waals surface area contributed by atoms with Crippen molar-refractivity contribution in [3.63, 3.8) is 0 Å². The number of carbonyl (C=O) groups excluding carboxylic acids is 2. The monoisotopic (exact) mass is 440 g/mol. The van der Waals surface area contributed by atoms with E-state index in [9.17, 15) is 9.59 Å². The molecule has 3 heterocycles. The SMILES string of the molecule is CCOC(=O)[C@H]1Cc2[nH]c3ccccc3c2[C@H](c2ccc3c(c2)OCO3)N1C(=O)CCl. The van der Waals surface area contributed by atoms with Crippen molar-refractivity contribution in [1.29, 1.82) is 0 Å². The fourth-order valence-corrected chi connectivity index (χ4v) is 4.67. The molecule has 0 saturated carbocycles. The number of benzene rings is 2. The van der Waals surface area contributed by atoms with Crippen LogP contribution in [0.1, 0.15) is 29.8 Å². The summed E-state index contributed by atoms with van der Waals surface area (Å²) in [4.78, 5) is 31.0. The molecular weight excluding hydrogens is 420 g/mol. The van der Waals surface area contributed by atoms with Crippen LogP contribution in [-0.2, 0) is 20.7 Å². The molecule has 31 heavy (non-hydrogen) atoms. The number of fused-ring (bicyclic) bond motifs is 4. The number of hydrogen-bond donors (Lipinski definition) is 1. The van der Waals surface area contributed by atoms with Gasteiger partial charge in [0.25, 0.3) is 0 Å². The normalized spacial score (nSPS) is 19.4. The lowest BCUT2D eigenvalue weighted by molar-refractivity contribution is -0.156. The maximum absolute atomic E-state index is 13.1. The second kappa shape index (κ2) is 7.81. The van der Waals surface area contributed by atoms with Gasteiger partial charge in [0.1, 0.15) is 11.9 Å². The third-order valence-corrected chi connectivity index (χ3v) is 6.01. The Hall–Kier alpha value is -3.19. The molecular formula is C23H21ClN2O5. The molecule has 8 heteroatoms. The van der Waals surface area contributed by atoms with Gasteiger partial charge in [-0.3, -0.25) is 4.79 Å². The minimum atomic E-state index is -0.790. The number of amides is 1. The zero-order valence-electron chi connectivity index (χ0n) is 16.9. The number of nitrogens with zero attached hydrogens (tertiary/aromatic N) is 1. The van der Waals surface area contributed by atoms with Crippen LogP contribution in [0.5, 0.6) is 11.5 Å². The van der Waals surface area contributed by atoms with Crippen molar-refractivity contribution in [2.24, 2.45) is 0 Å². The number of nitrogens with one attached hydrogen (secondary N) is 1. The molecule has 1 amide bonds. The number of H-pyrrole nitrogens is 1. The lowest BCUT2D eigenvalue weighted by Gasteiger charge is -2.41. The van der Waals surface area contributed by atoms with E-state index in [4.69, 9.17) is 25.8 Å². The van der Waals surface area contributed by atoms with Crippen LogP contribution < -0.4 is 9.47 Å². The number of aromatic nitrogens is 1. The lowest BCUT2D eigenvalue weighted by atomic mass is 9.86. The third kappa shape index (κ3) is 3.20. The predicted molar refractivity (Wildman–Crippen MR) is 114 cm³/mol. The van der Waals surface area contributed by atoms with Crippen molar-refractivity contribution < 1.29 is 23.8 Å². The largest absolute Gasteiger partial charge is 0.464 e. The molecule has 0 radical (unpaired) electrons. The maximum atomic E-state index is 13.1. The summed E-state index contributed by atoms with van der Waals surface area (Å²) >= 11 is 6.00. The standard InChI is InChI=1S/C23H21ClN2O5/c1-2-29-23(28)17-10-16-21(14-5-3-4-6-15(14)25-16)22(26(17)20(27)11-24)13-7-8-18-19(9-13)31-12-30-18/h3-9,17,22,25H,2,10-12H2,1H3/t17-,22+/m1/s1. The zero-order chi connectivity index (χ0) is 21.5. The Bertz CT molecular complexity index is 1170. The average Bonchev–Trinajstić information content (AvgIpc) is 3.41. The van der Waals surface area contributed by atoms with Gasteiger partial charge >= 0.3 is 5.97 Å². The van der Waals surface area contributed by atoms with Crippen LogP contribution in [0.15, 0.2) is 42.5 Å². The number of rotatable bonds is 4. The number of hydrogen-bond acceptors (Lipinski definition) is 5. The molecule has 2 aliphatic rings. The van der Waals surface area contributed by atoms with Gasteiger partial charge in [0.15, 0.2) is 11.5 Å². The van der Waals surface area contributed by atoms with E-state index in [1.165, 1.54) is 0 Å². The summed E-state index contributed by atoms with van der Waals surface area (Å²) in [7, 11) is 0. The summed E-state index contributed by atoms with van der Waals surface area (Å²) in [6.07, 6.45) is 0.326. The number of ether oxygens (including phenoxy) is 3. The van der Waals surface area contributed by atoms with Gasteiger partial charge in [-0.05, 0) is 30.7 Å². The smallest absolute Gasteiger partial charge is 0.329 e. The van der Waals surface area contributed by atoms with E-state index in [0.29, 0.717) is 17.9 Å². The summed E-state index contributed by atoms with van der Waals surface area (Å²) in [5.41, 5.74) is 3.61. The molecule has 7 nitrogen and oxygen atoms in total. The summed E-state index contributed by atoms with van der Waals surface area (Å²) in [6, 6.07) is 12.2. The lowest BCUT2D eigenvalue weighted by Crippen LogP contribution is -2.52. The molecule has 5 rings (SSSR count). The van der Waals surface area contributed by atoms with Crippen LogP contribution in [0.2, 0.25) is 0 Å². The van der Waals surface area contributed by atoms with E-state index in [-0.39, 0.29) is 25.2 Å². The second-order valence-electron chi connectivity index (χ2n) is 7.48. The van der Waals surface area contributed by atoms with Crippen LogP contribution >= 0.6 is 11.6 Å². The topological polar surface area (TPSA) is 80.9 Å². The van der Waals surface area contributed by atoms with Gasteiger partial charge in [0.2, 0.25) is 12.7 Å². The Labute approximate surface area is 183 Å². The first-order valence-electron chi connectivity index (χ1n) is 10.1. The van der Waals surface area contributed by atoms with Gasteiger partial charge < -0.3 is 24.1 Å². The van der Waals surface area contributed by atoms with Crippen LogP contribution in [0.4, 0.5) is 0 Å². The molecule has 1 N–H and O–H groups in total. The number of alkyl halides is 1. The highest BCUT2D eigenvalue weighted by atomic mass is 35.5. The van der Waals surface area contributed by atoms with Gasteiger partial charge in [0, 0.05) is 28.6 Å². The number of aromatic amines is 1. The molecule has 2 aromatic carbocycles. The van der Waals surface area contributed by atoms with Crippen molar-refractivity contribution in [2.75, 3.05) is 19.3 Å². The fourth-order valence-electron chi connectivity index (χ4n) is 4.54. The number of halogens is 1. The summed E-state index contributed by atoms with van der Waals surface area (Å²) in [5, 5.41) is 0.995.